The lowest BCUT2D eigenvalue weighted by molar-refractivity contribution is -0.122. The molecule has 1 amide bonds. The first-order chi connectivity index (χ1) is 11.4. The van der Waals surface area contributed by atoms with Gasteiger partial charge in [0, 0.05) is 5.69 Å². The molecule has 2 rings (SSSR count). The summed E-state index contributed by atoms with van der Waals surface area (Å²) < 4.78 is 5.80. The Labute approximate surface area is 145 Å². The van der Waals surface area contributed by atoms with Crippen molar-refractivity contribution < 1.29 is 9.53 Å². The van der Waals surface area contributed by atoms with Crippen molar-refractivity contribution in [3.8, 4) is 5.75 Å². The van der Waals surface area contributed by atoms with E-state index in [2.05, 4.69) is 39.1 Å². The van der Waals surface area contributed by atoms with E-state index < -0.39 is 6.10 Å². The molecule has 0 aliphatic rings. The van der Waals surface area contributed by atoms with Crippen molar-refractivity contribution in [3.63, 3.8) is 0 Å². The molecule has 0 aliphatic carbocycles. The molecule has 3 nitrogen and oxygen atoms in total. The van der Waals surface area contributed by atoms with Crippen molar-refractivity contribution in [2.75, 3.05) is 5.32 Å². The Morgan fingerprint density at radius 2 is 1.75 bits per heavy atom. The topological polar surface area (TPSA) is 38.3 Å². The monoisotopic (exact) mass is 325 g/mol. The number of amides is 1. The summed E-state index contributed by atoms with van der Waals surface area (Å²) in [6.07, 6.45) is 0.430. The van der Waals surface area contributed by atoms with E-state index in [0.29, 0.717) is 5.92 Å². The maximum absolute atomic E-state index is 12.3. The van der Waals surface area contributed by atoms with E-state index in [1.54, 1.807) is 6.92 Å². The second-order valence-corrected chi connectivity index (χ2v) is 6.47. The van der Waals surface area contributed by atoms with E-state index in [0.717, 1.165) is 17.9 Å². The summed E-state index contributed by atoms with van der Waals surface area (Å²) in [5, 5.41) is 2.89. The quantitative estimate of drug-likeness (QED) is 0.803. The molecule has 1 unspecified atom stereocenters. The fraction of sp³-hybridized carbons (Fsp3) is 0.381. The van der Waals surface area contributed by atoms with E-state index in [-0.39, 0.29) is 5.91 Å². The van der Waals surface area contributed by atoms with Crippen LogP contribution in [0.15, 0.2) is 42.5 Å². The van der Waals surface area contributed by atoms with Crippen LogP contribution in [-0.4, -0.2) is 12.0 Å². The Kier molecular flexibility index (Phi) is 6.02. The average molecular weight is 325 g/mol. The number of hydrogen-bond acceptors (Lipinski definition) is 2. The maximum atomic E-state index is 12.3. The molecular weight excluding hydrogens is 298 g/mol. The van der Waals surface area contributed by atoms with Gasteiger partial charge in [0.15, 0.2) is 6.10 Å². The summed E-state index contributed by atoms with van der Waals surface area (Å²) in [5.74, 6) is 1.05. The maximum Gasteiger partial charge on any atom is 0.265 e. The smallest absolute Gasteiger partial charge is 0.265 e. The van der Waals surface area contributed by atoms with Crippen molar-refractivity contribution in [2.24, 2.45) is 0 Å². The van der Waals surface area contributed by atoms with Gasteiger partial charge in [0.05, 0.1) is 0 Å². The van der Waals surface area contributed by atoms with Gasteiger partial charge in [-0.25, -0.2) is 0 Å². The van der Waals surface area contributed by atoms with Crippen LogP contribution in [0.25, 0.3) is 0 Å². The van der Waals surface area contributed by atoms with Gasteiger partial charge in [-0.15, -0.1) is 0 Å². The van der Waals surface area contributed by atoms with Crippen molar-refractivity contribution in [1.82, 2.24) is 0 Å². The number of aryl methyl sites for hydroxylation is 2. The molecule has 0 radical (unpaired) electrons. The second kappa shape index (κ2) is 8.00. The molecule has 0 saturated carbocycles. The molecule has 1 N–H and O–H groups in total. The molecule has 24 heavy (non-hydrogen) atoms. The van der Waals surface area contributed by atoms with E-state index in [1.165, 1.54) is 16.7 Å². The van der Waals surface area contributed by atoms with Crippen LogP contribution in [-0.2, 0) is 11.2 Å². The zero-order valence-electron chi connectivity index (χ0n) is 15.2. The van der Waals surface area contributed by atoms with Crippen LogP contribution in [0.4, 0.5) is 5.69 Å². The molecule has 128 valence electrons. The Morgan fingerprint density at radius 1 is 1.08 bits per heavy atom. The SMILES string of the molecule is CCc1ccc(NC(=O)C(C)Oc2ccc(C(C)C)c(C)c2)cc1. The van der Waals surface area contributed by atoms with Crippen LogP contribution >= 0.6 is 0 Å². The van der Waals surface area contributed by atoms with Gasteiger partial charge in [0.2, 0.25) is 0 Å². The minimum Gasteiger partial charge on any atom is -0.481 e. The third kappa shape index (κ3) is 4.60. The van der Waals surface area contributed by atoms with Crippen molar-refractivity contribution >= 4 is 11.6 Å². The molecule has 0 spiro atoms. The summed E-state index contributed by atoms with van der Waals surface area (Å²) in [5.41, 5.74) is 4.53. The van der Waals surface area contributed by atoms with Crippen LogP contribution in [0, 0.1) is 6.92 Å². The van der Waals surface area contributed by atoms with Crippen molar-refractivity contribution in [2.45, 2.75) is 53.1 Å². The number of carbonyl (C=O) groups is 1. The van der Waals surface area contributed by atoms with Gasteiger partial charge < -0.3 is 10.1 Å². The molecule has 3 heteroatoms. The van der Waals surface area contributed by atoms with Gasteiger partial charge in [0.25, 0.3) is 5.91 Å². The lowest BCUT2D eigenvalue weighted by Crippen LogP contribution is -2.30. The predicted octanol–water partition coefficient (Wildman–Crippen LogP) is 5.09. The fourth-order valence-electron chi connectivity index (χ4n) is 2.69. The molecule has 0 aromatic heterocycles. The van der Waals surface area contributed by atoms with Crippen LogP contribution in [0.1, 0.15) is 50.3 Å². The summed E-state index contributed by atoms with van der Waals surface area (Å²) >= 11 is 0. The molecule has 0 heterocycles. The normalized spacial score (nSPS) is 12.1. The molecule has 0 bridgehead atoms. The molecule has 2 aromatic carbocycles. The molecule has 1 atom stereocenters. The molecule has 0 aliphatic heterocycles. The average Bonchev–Trinajstić information content (AvgIpc) is 2.55. The summed E-state index contributed by atoms with van der Waals surface area (Å²) in [7, 11) is 0. The molecule has 2 aromatic rings. The van der Waals surface area contributed by atoms with Gasteiger partial charge in [-0.2, -0.15) is 0 Å². The molecule has 0 saturated heterocycles. The predicted molar refractivity (Wildman–Crippen MR) is 99.8 cm³/mol. The highest BCUT2D eigenvalue weighted by Gasteiger charge is 2.15. The minimum atomic E-state index is -0.555. The standard InChI is InChI=1S/C21H27NO2/c1-6-17-7-9-18(10-8-17)22-21(23)16(5)24-19-11-12-20(14(2)3)15(4)13-19/h7-14,16H,6H2,1-5H3,(H,22,23). The number of hydrogen-bond donors (Lipinski definition) is 1. The van der Waals surface area contributed by atoms with Crippen molar-refractivity contribution in [3.05, 3.63) is 59.2 Å². The van der Waals surface area contributed by atoms with E-state index in [4.69, 9.17) is 4.74 Å². The summed E-state index contributed by atoms with van der Waals surface area (Å²) in [6, 6.07) is 13.9. The number of ether oxygens (including phenoxy) is 1. The summed E-state index contributed by atoms with van der Waals surface area (Å²) in [6.45, 7) is 10.3. The van der Waals surface area contributed by atoms with Crippen LogP contribution in [0.2, 0.25) is 0 Å². The van der Waals surface area contributed by atoms with Gasteiger partial charge in [0.1, 0.15) is 5.75 Å². The van der Waals surface area contributed by atoms with Gasteiger partial charge in [-0.3, -0.25) is 4.79 Å². The number of nitrogens with one attached hydrogen (secondary N) is 1. The zero-order chi connectivity index (χ0) is 17.7. The fourth-order valence-corrected chi connectivity index (χ4v) is 2.69. The Hall–Kier alpha value is -2.29. The van der Waals surface area contributed by atoms with E-state index in [9.17, 15) is 4.79 Å². The van der Waals surface area contributed by atoms with Crippen LogP contribution in [0.3, 0.4) is 0 Å². The first-order valence-electron chi connectivity index (χ1n) is 8.57. The third-order valence-electron chi connectivity index (χ3n) is 4.18. The largest absolute Gasteiger partial charge is 0.481 e. The zero-order valence-corrected chi connectivity index (χ0v) is 15.2. The third-order valence-corrected chi connectivity index (χ3v) is 4.18. The van der Waals surface area contributed by atoms with Gasteiger partial charge >= 0.3 is 0 Å². The van der Waals surface area contributed by atoms with Gasteiger partial charge in [-0.1, -0.05) is 39.0 Å². The highest BCUT2D eigenvalue weighted by atomic mass is 16.5. The number of rotatable bonds is 6. The highest BCUT2D eigenvalue weighted by molar-refractivity contribution is 5.94. The lowest BCUT2D eigenvalue weighted by Gasteiger charge is -2.17. The molecular formula is C21H27NO2. The van der Waals surface area contributed by atoms with Gasteiger partial charge in [-0.05, 0) is 67.1 Å². The number of benzene rings is 2. The Morgan fingerprint density at radius 3 is 2.29 bits per heavy atom. The number of anilines is 1. The first-order valence-corrected chi connectivity index (χ1v) is 8.57. The van der Waals surface area contributed by atoms with E-state index >= 15 is 0 Å². The van der Waals surface area contributed by atoms with Crippen LogP contribution in [0.5, 0.6) is 5.75 Å². The Bertz CT molecular complexity index is 689. The highest BCUT2D eigenvalue weighted by Crippen LogP contribution is 2.24. The minimum absolute atomic E-state index is 0.148. The summed E-state index contributed by atoms with van der Waals surface area (Å²) in [4.78, 5) is 12.3. The lowest BCUT2D eigenvalue weighted by atomic mass is 9.98. The van der Waals surface area contributed by atoms with Crippen molar-refractivity contribution in [1.29, 1.82) is 0 Å². The van der Waals surface area contributed by atoms with Crippen LogP contribution < -0.4 is 10.1 Å². The number of carbonyl (C=O) groups excluding carboxylic acids is 1. The second-order valence-electron chi connectivity index (χ2n) is 6.47. The molecule has 0 fully saturated rings. The van der Waals surface area contributed by atoms with E-state index in [1.807, 2.05) is 36.4 Å². The first kappa shape index (κ1) is 18.1. The Balaban J connectivity index is 1.99.